The van der Waals surface area contributed by atoms with E-state index in [2.05, 4.69) is 44.8 Å². The third-order valence-electron chi connectivity index (χ3n) is 8.14. The molecule has 1 aliphatic heterocycles. The molecule has 0 unspecified atom stereocenters. The Bertz CT molecular complexity index is 1740. The van der Waals surface area contributed by atoms with Crippen LogP contribution in [0.5, 0.6) is 5.75 Å². The van der Waals surface area contributed by atoms with Gasteiger partial charge in [0.1, 0.15) is 5.75 Å². The molecule has 0 bridgehead atoms. The van der Waals surface area contributed by atoms with E-state index in [4.69, 9.17) is 9.47 Å². The Morgan fingerprint density at radius 2 is 1.73 bits per heavy atom. The summed E-state index contributed by atoms with van der Waals surface area (Å²) in [5, 5.41) is 7.16. The topological polar surface area (TPSA) is 76.0 Å². The molecule has 1 saturated heterocycles. The maximum atomic E-state index is 12.7. The molecule has 0 atom stereocenters. The van der Waals surface area contributed by atoms with Crippen molar-refractivity contribution in [3.63, 3.8) is 0 Å². The second-order valence-corrected chi connectivity index (χ2v) is 12.0. The highest BCUT2D eigenvalue weighted by Crippen LogP contribution is 2.31. The third kappa shape index (κ3) is 7.41. The van der Waals surface area contributed by atoms with E-state index < -0.39 is 6.09 Å². The second kappa shape index (κ2) is 14.4. The Hall–Kier alpha value is -4.34. The molecule has 9 heteroatoms. The number of benzene rings is 3. The number of hydrogen-bond acceptors (Lipinski definition) is 7. The van der Waals surface area contributed by atoms with Gasteiger partial charge in [0.2, 0.25) is 0 Å². The molecule has 0 aliphatic carbocycles. The van der Waals surface area contributed by atoms with Gasteiger partial charge in [0.05, 0.1) is 12.1 Å². The molecule has 44 heavy (non-hydrogen) atoms. The van der Waals surface area contributed by atoms with Gasteiger partial charge < -0.3 is 19.7 Å². The molecule has 3 heterocycles. The van der Waals surface area contributed by atoms with Crippen LogP contribution in [-0.2, 0) is 17.9 Å². The third-order valence-corrected chi connectivity index (χ3v) is 9.02. The van der Waals surface area contributed by atoms with Crippen molar-refractivity contribution < 1.29 is 14.3 Å². The predicted octanol–water partition coefficient (Wildman–Crippen LogP) is 6.12. The smallest absolute Gasteiger partial charge is 0.408 e. The molecule has 8 nitrogen and oxygen atoms in total. The highest BCUT2D eigenvalue weighted by Gasteiger charge is 2.18. The first-order chi connectivity index (χ1) is 21.6. The molecule has 1 aliphatic rings. The number of unbranched alkanes of at least 4 members (excludes halogenated alkanes) is 1. The number of nitrogens with zero attached hydrogens (tertiary/aromatic N) is 3. The van der Waals surface area contributed by atoms with Gasteiger partial charge in [-0.2, -0.15) is 0 Å². The first-order valence-corrected chi connectivity index (χ1v) is 16.2. The molecule has 6 rings (SSSR count). The fourth-order valence-electron chi connectivity index (χ4n) is 5.71. The number of carbonyl (C=O) groups is 1. The largest absolute Gasteiger partial charge is 0.494 e. The molecule has 0 spiro atoms. The number of alkyl carbamates (subject to hydrolysis) is 1. The standard InChI is InChI=1S/C35H38N4O4S/c40-34-14-12-28-11-13-29(25-32(28)39(34)26-43-35(41)36-17-15-27-7-2-1-3-8-27)42-23-5-4-18-37-19-21-38(22-20-37)31-9-6-10-33-30(31)16-24-44-33/h1-3,6-14,16,24-25H,4-5,15,17-23,26H2,(H,36,41). The maximum Gasteiger partial charge on any atom is 0.408 e. The van der Waals surface area contributed by atoms with Gasteiger partial charge in [-0.25, -0.2) is 4.79 Å². The lowest BCUT2D eigenvalue weighted by atomic mass is 10.1. The van der Waals surface area contributed by atoms with Crippen molar-refractivity contribution in [1.82, 2.24) is 14.8 Å². The normalized spacial score (nSPS) is 13.8. The molecular weight excluding hydrogens is 572 g/mol. The maximum absolute atomic E-state index is 12.7. The molecule has 1 amide bonds. The summed E-state index contributed by atoms with van der Waals surface area (Å²) in [6.07, 6.45) is 2.15. The number of aromatic nitrogens is 1. The average molecular weight is 611 g/mol. The molecule has 3 aromatic carbocycles. The summed E-state index contributed by atoms with van der Waals surface area (Å²) >= 11 is 1.80. The Morgan fingerprint density at radius 3 is 2.59 bits per heavy atom. The zero-order valence-corrected chi connectivity index (χ0v) is 25.6. The van der Waals surface area contributed by atoms with Crippen molar-refractivity contribution in [3.8, 4) is 5.75 Å². The van der Waals surface area contributed by atoms with Crippen LogP contribution < -0.4 is 20.5 Å². The monoisotopic (exact) mass is 610 g/mol. The Morgan fingerprint density at radius 1 is 0.886 bits per heavy atom. The van der Waals surface area contributed by atoms with Gasteiger partial charge in [-0.1, -0.05) is 36.4 Å². The molecule has 1 N–H and O–H groups in total. The average Bonchev–Trinajstić information content (AvgIpc) is 3.54. The quantitative estimate of drug-likeness (QED) is 0.172. The highest BCUT2D eigenvalue weighted by atomic mass is 32.1. The molecule has 228 valence electrons. The van der Waals surface area contributed by atoms with Gasteiger partial charge in [-0.15, -0.1) is 11.3 Å². The first kappa shape index (κ1) is 29.7. The Balaban J connectivity index is 0.942. The van der Waals surface area contributed by atoms with Crippen molar-refractivity contribution in [2.24, 2.45) is 0 Å². The lowest BCUT2D eigenvalue weighted by Crippen LogP contribution is -2.46. The van der Waals surface area contributed by atoms with E-state index in [1.807, 2.05) is 48.5 Å². The summed E-state index contributed by atoms with van der Waals surface area (Å²) in [5.74, 6) is 0.695. The summed E-state index contributed by atoms with van der Waals surface area (Å²) in [4.78, 5) is 30.0. The van der Waals surface area contributed by atoms with E-state index in [-0.39, 0.29) is 12.3 Å². The number of anilines is 1. The summed E-state index contributed by atoms with van der Waals surface area (Å²) in [7, 11) is 0. The van der Waals surface area contributed by atoms with Gasteiger partial charge >= 0.3 is 6.09 Å². The van der Waals surface area contributed by atoms with E-state index in [0.717, 1.165) is 56.5 Å². The van der Waals surface area contributed by atoms with E-state index in [0.29, 0.717) is 30.8 Å². The molecule has 1 fully saturated rings. The number of thiophene rings is 1. The molecular formula is C35H38N4O4S. The van der Waals surface area contributed by atoms with Crippen LogP contribution in [0.1, 0.15) is 18.4 Å². The van der Waals surface area contributed by atoms with Crippen LogP contribution in [0.3, 0.4) is 0 Å². The number of pyridine rings is 1. The van der Waals surface area contributed by atoms with Crippen LogP contribution in [-0.4, -0.2) is 61.4 Å². The number of amides is 1. The number of ether oxygens (including phenoxy) is 2. The van der Waals surface area contributed by atoms with Crippen molar-refractivity contribution in [2.75, 3.05) is 50.8 Å². The summed E-state index contributed by atoms with van der Waals surface area (Å²) in [6.45, 7) is 6.16. The zero-order chi connectivity index (χ0) is 30.1. The van der Waals surface area contributed by atoms with Crippen LogP contribution >= 0.6 is 11.3 Å². The van der Waals surface area contributed by atoms with Crippen molar-refractivity contribution in [1.29, 1.82) is 0 Å². The Labute approximate surface area is 261 Å². The fourth-order valence-corrected chi connectivity index (χ4v) is 6.52. The van der Waals surface area contributed by atoms with Gasteiger partial charge in [0, 0.05) is 60.6 Å². The molecule has 2 aromatic heterocycles. The summed E-state index contributed by atoms with van der Waals surface area (Å²) in [6, 6.07) is 27.7. The van der Waals surface area contributed by atoms with Crippen molar-refractivity contribution >= 4 is 44.1 Å². The van der Waals surface area contributed by atoms with Crippen molar-refractivity contribution in [3.05, 3.63) is 106 Å². The van der Waals surface area contributed by atoms with Gasteiger partial charge in [0.15, 0.2) is 6.73 Å². The van der Waals surface area contributed by atoms with Gasteiger partial charge in [-0.05, 0) is 78.5 Å². The van der Waals surface area contributed by atoms with Gasteiger partial charge in [0.25, 0.3) is 5.56 Å². The second-order valence-electron chi connectivity index (χ2n) is 11.0. The molecule has 0 radical (unpaired) electrons. The first-order valence-electron chi connectivity index (χ1n) is 15.3. The lowest BCUT2D eigenvalue weighted by molar-refractivity contribution is 0.114. The molecule has 0 saturated carbocycles. The van der Waals surface area contributed by atoms with Crippen LogP contribution in [0.4, 0.5) is 10.5 Å². The minimum absolute atomic E-state index is 0.174. The minimum atomic E-state index is -0.557. The Kier molecular flexibility index (Phi) is 9.74. The van der Waals surface area contributed by atoms with E-state index in [9.17, 15) is 9.59 Å². The number of carbonyl (C=O) groups excluding carboxylic acids is 1. The number of nitrogens with one attached hydrogen (secondary N) is 1. The van der Waals surface area contributed by atoms with Crippen LogP contribution in [0.25, 0.3) is 21.0 Å². The van der Waals surface area contributed by atoms with Crippen molar-refractivity contribution in [2.45, 2.75) is 26.0 Å². The van der Waals surface area contributed by atoms with E-state index in [1.165, 1.54) is 26.4 Å². The SMILES string of the molecule is O=C(NCCc1ccccc1)OCn1c(=O)ccc2ccc(OCCCCN3CCN(c4cccc5sccc45)CC3)cc21. The number of piperazine rings is 1. The summed E-state index contributed by atoms with van der Waals surface area (Å²) in [5.41, 5.74) is 2.92. The van der Waals surface area contributed by atoms with Gasteiger partial charge in [-0.3, -0.25) is 14.3 Å². The number of fused-ring (bicyclic) bond motifs is 2. The highest BCUT2D eigenvalue weighted by molar-refractivity contribution is 7.17. The van der Waals surface area contributed by atoms with E-state index >= 15 is 0 Å². The number of hydrogen-bond donors (Lipinski definition) is 1. The van der Waals surface area contributed by atoms with Crippen LogP contribution in [0.15, 0.2) is 95.1 Å². The summed E-state index contributed by atoms with van der Waals surface area (Å²) < 4.78 is 14.3. The predicted molar refractivity (Wildman–Crippen MR) is 178 cm³/mol. The van der Waals surface area contributed by atoms with Crippen LogP contribution in [0.2, 0.25) is 0 Å². The number of rotatable bonds is 12. The zero-order valence-electron chi connectivity index (χ0n) is 24.8. The van der Waals surface area contributed by atoms with E-state index in [1.54, 1.807) is 17.4 Å². The fraction of sp³-hybridized carbons (Fsp3) is 0.314. The minimum Gasteiger partial charge on any atom is -0.494 e. The van der Waals surface area contributed by atoms with Crippen LogP contribution in [0, 0.1) is 0 Å². The molecule has 5 aromatic rings. The lowest BCUT2D eigenvalue weighted by Gasteiger charge is -2.36.